The van der Waals surface area contributed by atoms with Gasteiger partial charge in [0.1, 0.15) is 0 Å². The minimum atomic E-state index is -0.456. The van der Waals surface area contributed by atoms with E-state index >= 15 is 0 Å². The van der Waals surface area contributed by atoms with Crippen LogP contribution in [-0.4, -0.2) is 56.9 Å². The zero-order chi connectivity index (χ0) is 19.1. The Morgan fingerprint density at radius 2 is 1.56 bits per heavy atom. The van der Waals surface area contributed by atoms with E-state index in [0.717, 1.165) is 0 Å². The number of carbonyl (C=O) groups is 2. The van der Waals surface area contributed by atoms with Gasteiger partial charge < -0.3 is 18.8 Å². The lowest BCUT2D eigenvalue weighted by Gasteiger charge is -2.34. The van der Waals surface area contributed by atoms with Gasteiger partial charge in [-0.15, -0.1) is 0 Å². The molecule has 0 aliphatic carbocycles. The van der Waals surface area contributed by atoms with E-state index in [-0.39, 0.29) is 11.8 Å². The van der Waals surface area contributed by atoms with Gasteiger partial charge >= 0.3 is 5.76 Å². The van der Waals surface area contributed by atoms with Crippen LogP contribution in [0.3, 0.4) is 0 Å². The van der Waals surface area contributed by atoms with Crippen molar-refractivity contribution in [1.82, 2.24) is 18.9 Å². The molecule has 0 unspecified atom stereocenters. The maximum Gasteiger partial charge on any atom is 0.419 e. The maximum absolute atomic E-state index is 12.8. The molecule has 0 saturated carbocycles. The van der Waals surface area contributed by atoms with E-state index in [9.17, 15) is 14.4 Å². The Morgan fingerprint density at radius 1 is 0.926 bits per heavy atom. The molecule has 1 fully saturated rings. The smallest absolute Gasteiger partial charge is 0.408 e. The summed E-state index contributed by atoms with van der Waals surface area (Å²) in [6.07, 6.45) is 3.63. The first kappa shape index (κ1) is 17.1. The van der Waals surface area contributed by atoms with Crippen LogP contribution in [0.25, 0.3) is 11.1 Å². The van der Waals surface area contributed by atoms with Gasteiger partial charge in [0.15, 0.2) is 5.58 Å². The van der Waals surface area contributed by atoms with Gasteiger partial charge in [0.2, 0.25) is 0 Å². The molecule has 27 heavy (non-hydrogen) atoms. The zero-order valence-corrected chi connectivity index (χ0v) is 15.2. The molecule has 1 aliphatic rings. The van der Waals surface area contributed by atoms with Crippen LogP contribution in [0.5, 0.6) is 0 Å². The van der Waals surface area contributed by atoms with E-state index in [4.69, 9.17) is 4.42 Å². The van der Waals surface area contributed by atoms with E-state index < -0.39 is 5.76 Å². The molecule has 140 valence electrons. The van der Waals surface area contributed by atoms with Crippen molar-refractivity contribution in [2.75, 3.05) is 26.2 Å². The molecule has 1 aromatic carbocycles. The molecule has 0 radical (unpaired) electrons. The lowest BCUT2D eigenvalue weighted by molar-refractivity contribution is 0.0535. The monoisotopic (exact) mass is 368 g/mol. The summed E-state index contributed by atoms with van der Waals surface area (Å²) in [5.74, 6) is -0.604. The molecule has 2 amide bonds. The fraction of sp³-hybridized carbons (Fsp3) is 0.316. The highest BCUT2D eigenvalue weighted by molar-refractivity contribution is 5.97. The van der Waals surface area contributed by atoms with Crippen molar-refractivity contribution in [2.45, 2.75) is 0 Å². The van der Waals surface area contributed by atoms with E-state index in [2.05, 4.69) is 0 Å². The molecule has 3 aromatic rings. The van der Waals surface area contributed by atoms with Crippen LogP contribution in [0, 0.1) is 0 Å². The molecular formula is C19H20N4O4. The molecular weight excluding hydrogens is 348 g/mol. The summed E-state index contributed by atoms with van der Waals surface area (Å²) < 4.78 is 8.40. The number of hydrogen-bond donors (Lipinski definition) is 0. The normalized spacial score (nSPS) is 14.7. The second-order valence-electron chi connectivity index (χ2n) is 6.76. The Morgan fingerprint density at radius 3 is 2.15 bits per heavy atom. The Labute approximate surface area is 155 Å². The minimum absolute atomic E-state index is 0.0184. The SMILES string of the molecule is Cn1ccc(C(=O)N2CCN(C(=O)c3ccc4c(c3)oc(=O)n4C)CC2)c1. The second-order valence-corrected chi connectivity index (χ2v) is 6.76. The van der Waals surface area contributed by atoms with Crippen LogP contribution in [0.2, 0.25) is 0 Å². The molecule has 0 N–H and O–H groups in total. The summed E-state index contributed by atoms with van der Waals surface area (Å²) in [6.45, 7) is 1.91. The van der Waals surface area contributed by atoms with Crippen molar-refractivity contribution in [1.29, 1.82) is 0 Å². The number of benzene rings is 1. The number of amides is 2. The topological polar surface area (TPSA) is 80.7 Å². The molecule has 0 bridgehead atoms. The van der Waals surface area contributed by atoms with Gasteiger partial charge in [0, 0.05) is 58.2 Å². The van der Waals surface area contributed by atoms with Gasteiger partial charge in [-0.3, -0.25) is 14.2 Å². The number of nitrogens with zero attached hydrogens (tertiary/aromatic N) is 4. The predicted octanol–water partition coefficient (Wildman–Crippen LogP) is 1.07. The van der Waals surface area contributed by atoms with Gasteiger partial charge in [-0.1, -0.05) is 0 Å². The summed E-state index contributed by atoms with van der Waals surface area (Å²) >= 11 is 0. The molecule has 1 saturated heterocycles. The third kappa shape index (κ3) is 3.03. The van der Waals surface area contributed by atoms with Gasteiger partial charge in [-0.05, 0) is 24.3 Å². The number of oxazole rings is 1. The van der Waals surface area contributed by atoms with Crippen molar-refractivity contribution in [3.63, 3.8) is 0 Å². The summed E-state index contributed by atoms with van der Waals surface area (Å²) in [5.41, 5.74) is 2.17. The number of aromatic nitrogens is 2. The van der Waals surface area contributed by atoms with Gasteiger partial charge in [-0.25, -0.2) is 4.79 Å². The number of piperazine rings is 1. The van der Waals surface area contributed by atoms with Crippen molar-refractivity contribution in [3.8, 4) is 0 Å². The molecule has 4 rings (SSSR count). The van der Waals surface area contributed by atoms with Crippen molar-refractivity contribution < 1.29 is 14.0 Å². The Balaban J connectivity index is 1.45. The quantitative estimate of drug-likeness (QED) is 0.678. The number of rotatable bonds is 2. The summed E-state index contributed by atoms with van der Waals surface area (Å²) in [6, 6.07) is 6.80. The molecule has 0 spiro atoms. The average Bonchev–Trinajstić information content (AvgIpc) is 3.24. The first-order valence-corrected chi connectivity index (χ1v) is 8.74. The van der Waals surface area contributed by atoms with E-state index in [1.165, 1.54) is 4.57 Å². The molecule has 0 atom stereocenters. The predicted molar refractivity (Wildman–Crippen MR) is 98.7 cm³/mol. The number of aryl methyl sites for hydroxylation is 2. The first-order chi connectivity index (χ1) is 12.9. The Kier molecular flexibility index (Phi) is 4.10. The van der Waals surface area contributed by atoms with Gasteiger partial charge in [0.05, 0.1) is 11.1 Å². The van der Waals surface area contributed by atoms with Gasteiger partial charge in [-0.2, -0.15) is 0 Å². The van der Waals surface area contributed by atoms with E-state index in [1.807, 2.05) is 17.8 Å². The Bertz CT molecular complexity index is 1080. The van der Waals surface area contributed by atoms with Crippen LogP contribution in [0.15, 0.2) is 45.9 Å². The molecule has 1 aliphatic heterocycles. The van der Waals surface area contributed by atoms with Crippen molar-refractivity contribution >= 4 is 22.9 Å². The summed E-state index contributed by atoms with van der Waals surface area (Å²) in [4.78, 5) is 40.4. The summed E-state index contributed by atoms with van der Waals surface area (Å²) in [5, 5.41) is 0. The maximum atomic E-state index is 12.8. The average molecular weight is 368 g/mol. The van der Waals surface area contributed by atoms with E-state index in [0.29, 0.717) is 48.4 Å². The minimum Gasteiger partial charge on any atom is -0.408 e. The standard InChI is InChI=1S/C19H20N4O4/c1-20-6-5-14(12-20)18(25)23-9-7-22(8-10-23)17(24)13-3-4-15-16(11-13)27-19(26)21(15)2/h3-6,11-12H,7-10H2,1-2H3. The fourth-order valence-electron chi connectivity index (χ4n) is 3.37. The largest absolute Gasteiger partial charge is 0.419 e. The second kappa shape index (κ2) is 6.46. The molecule has 2 aromatic heterocycles. The van der Waals surface area contributed by atoms with Crippen LogP contribution >= 0.6 is 0 Å². The first-order valence-electron chi connectivity index (χ1n) is 8.74. The fourth-order valence-corrected chi connectivity index (χ4v) is 3.37. The zero-order valence-electron chi connectivity index (χ0n) is 15.2. The third-order valence-electron chi connectivity index (χ3n) is 4.97. The Hall–Kier alpha value is -3.29. The van der Waals surface area contributed by atoms with E-state index in [1.54, 1.807) is 47.3 Å². The molecule has 3 heterocycles. The number of carbonyl (C=O) groups excluding carboxylic acids is 2. The lowest BCUT2D eigenvalue weighted by atomic mass is 10.1. The highest BCUT2D eigenvalue weighted by atomic mass is 16.4. The highest BCUT2D eigenvalue weighted by Crippen LogP contribution is 2.17. The lowest BCUT2D eigenvalue weighted by Crippen LogP contribution is -2.50. The third-order valence-corrected chi connectivity index (χ3v) is 4.97. The van der Waals surface area contributed by atoms with Gasteiger partial charge in [0.25, 0.3) is 11.8 Å². The molecule has 8 heteroatoms. The summed E-state index contributed by atoms with van der Waals surface area (Å²) in [7, 11) is 3.50. The number of fused-ring (bicyclic) bond motifs is 1. The number of hydrogen-bond acceptors (Lipinski definition) is 4. The van der Waals surface area contributed by atoms with Crippen molar-refractivity contribution in [3.05, 3.63) is 58.3 Å². The van der Waals surface area contributed by atoms with Crippen LogP contribution in [0.4, 0.5) is 0 Å². The van der Waals surface area contributed by atoms with Crippen molar-refractivity contribution in [2.24, 2.45) is 14.1 Å². The molecule has 8 nitrogen and oxygen atoms in total. The van der Waals surface area contributed by atoms with Crippen LogP contribution < -0.4 is 5.76 Å². The highest BCUT2D eigenvalue weighted by Gasteiger charge is 2.26. The van der Waals surface area contributed by atoms with Crippen LogP contribution in [-0.2, 0) is 14.1 Å². The van der Waals surface area contributed by atoms with Crippen LogP contribution in [0.1, 0.15) is 20.7 Å².